The molecule has 0 radical (unpaired) electrons. The Labute approximate surface area is 210 Å². The molecule has 3 aromatic rings. The van der Waals surface area contributed by atoms with Gasteiger partial charge in [-0.1, -0.05) is 123 Å². The van der Waals surface area contributed by atoms with Gasteiger partial charge in [0, 0.05) is 11.8 Å². The number of aliphatic hydroxyl groups is 2. The monoisotopic (exact) mass is 470 g/mol. The molecule has 0 aliphatic heterocycles. The van der Waals surface area contributed by atoms with Crippen molar-refractivity contribution in [3.05, 3.63) is 131 Å². The molecule has 3 nitrogen and oxygen atoms in total. The summed E-state index contributed by atoms with van der Waals surface area (Å²) in [5, 5.41) is 21.3. The normalized spacial score (nSPS) is 16.1. The smallest absolute Gasteiger partial charge is 0.143 e. The summed E-state index contributed by atoms with van der Waals surface area (Å²) >= 11 is 0. The van der Waals surface area contributed by atoms with E-state index in [-0.39, 0.29) is 11.8 Å². The molecule has 0 spiro atoms. The summed E-state index contributed by atoms with van der Waals surface area (Å²) in [5.41, 5.74) is 3.22. The zero-order valence-corrected chi connectivity index (χ0v) is 21.2. The molecule has 3 aromatic carbocycles. The Morgan fingerprint density at radius 1 is 0.771 bits per heavy atom. The Morgan fingerprint density at radius 3 is 1.60 bits per heavy atom. The van der Waals surface area contributed by atoms with Gasteiger partial charge < -0.3 is 14.9 Å². The van der Waals surface area contributed by atoms with Crippen LogP contribution in [0.3, 0.4) is 0 Å². The fraction of sp³-hybridized carbons (Fsp3) is 0.312. The minimum atomic E-state index is -0.812. The number of hydrogen-bond acceptors (Lipinski definition) is 3. The third-order valence-electron chi connectivity index (χ3n) is 6.72. The first-order valence-electron chi connectivity index (χ1n) is 12.4. The highest BCUT2D eigenvalue weighted by atomic mass is 16.5. The Balaban J connectivity index is 1.90. The van der Waals surface area contributed by atoms with Gasteiger partial charge in [-0.25, -0.2) is 0 Å². The van der Waals surface area contributed by atoms with Crippen LogP contribution < -0.4 is 0 Å². The molecule has 0 saturated carbocycles. The molecule has 0 aliphatic rings. The predicted octanol–water partition coefficient (Wildman–Crippen LogP) is 6.51. The zero-order valence-electron chi connectivity index (χ0n) is 21.2. The summed E-state index contributed by atoms with van der Waals surface area (Å²) < 4.78 is 6.83. The maximum atomic E-state index is 10.9. The minimum absolute atomic E-state index is 0.0917. The van der Waals surface area contributed by atoms with Crippen LogP contribution >= 0.6 is 0 Å². The molecule has 2 N–H and O–H groups in total. The largest absolute Gasteiger partial charge is 0.389 e. The van der Waals surface area contributed by atoms with Crippen LogP contribution in [0.15, 0.2) is 115 Å². The van der Waals surface area contributed by atoms with Crippen LogP contribution in [0.25, 0.3) is 0 Å². The Hall–Kier alpha value is -2.98. The van der Waals surface area contributed by atoms with E-state index in [0.717, 1.165) is 22.3 Å². The maximum absolute atomic E-state index is 10.9. The molecule has 184 valence electrons. The van der Waals surface area contributed by atoms with Crippen molar-refractivity contribution >= 4 is 0 Å². The molecule has 3 heteroatoms. The molecule has 3 rings (SSSR count). The third kappa shape index (κ3) is 6.37. The summed E-state index contributed by atoms with van der Waals surface area (Å²) in [6.45, 7) is 8.11. The second-order valence-corrected chi connectivity index (χ2v) is 9.28. The molecular weight excluding hydrogens is 432 g/mol. The van der Waals surface area contributed by atoms with E-state index in [1.807, 2.05) is 94.4 Å². The standard InChI is InChI=1S/C32H38O3/c1-5-24(2)31(34)25(3)21-22-30(33)26(4)23-35-32(27-15-9-6-10-16-27,28-17-11-7-12-18-28)29-19-13-8-14-20-29/h5-22,25-26,30-31,33-34H,23H2,1-4H3/b22-21+,24-5+/t25-,26-,30+,31+/m0/s1. The molecule has 0 aliphatic carbocycles. The minimum Gasteiger partial charge on any atom is -0.389 e. The van der Waals surface area contributed by atoms with E-state index in [0.29, 0.717) is 6.61 Å². The van der Waals surface area contributed by atoms with Gasteiger partial charge in [0.2, 0.25) is 0 Å². The van der Waals surface area contributed by atoms with E-state index < -0.39 is 17.8 Å². The summed E-state index contributed by atoms with van der Waals surface area (Å²) in [6.07, 6.45) is 4.32. The van der Waals surface area contributed by atoms with Crippen LogP contribution in [0, 0.1) is 11.8 Å². The Kier molecular flexibility index (Phi) is 9.62. The second-order valence-electron chi connectivity index (χ2n) is 9.28. The second kappa shape index (κ2) is 12.6. The first-order valence-corrected chi connectivity index (χ1v) is 12.4. The zero-order chi connectivity index (χ0) is 25.3. The van der Waals surface area contributed by atoms with Gasteiger partial charge >= 0.3 is 0 Å². The highest BCUT2D eigenvalue weighted by Crippen LogP contribution is 2.40. The van der Waals surface area contributed by atoms with Crippen molar-refractivity contribution in [1.82, 2.24) is 0 Å². The van der Waals surface area contributed by atoms with Gasteiger partial charge in [0.1, 0.15) is 5.60 Å². The third-order valence-corrected chi connectivity index (χ3v) is 6.72. The number of hydrogen-bond donors (Lipinski definition) is 2. The number of rotatable bonds is 11. The Morgan fingerprint density at radius 2 is 1.20 bits per heavy atom. The lowest BCUT2D eigenvalue weighted by Crippen LogP contribution is -2.36. The van der Waals surface area contributed by atoms with Crippen molar-refractivity contribution in [1.29, 1.82) is 0 Å². The van der Waals surface area contributed by atoms with Gasteiger partial charge in [-0.3, -0.25) is 0 Å². The van der Waals surface area contributed by atoms with Crippen molar-refractivity contribution in [2.24, 2.45) is 11.8 Å². The van der Waals surface area contributed by atoms with Crippen molar-refractivity contribution in [2.45, 2.75) is 45.5 Å². The van der Waals surface area contributed by atoms with Crippen molar-refractivity contribution in [2.75, 3.05) is 6.61 Å². The molecule has 0 heterocycles. The molecule has 0 fully saturated rings. The lowest BCUT2D eigenvalue weighted by atomic mass is 9.80. The fourth-order valence-corrected chi connectivity index (χ4v) is 4.29. The van der Waals surface area contributed by atoms with E-state index in [1.165, 1.54) is 0 Å². The van der Waals surface area contributed by atoms with Crippen LogP contribution in [-0.2, 0) is 10.3 Å². The summed E-state index contributed by atoms with van der Waals surface area (Å²) in [4.78, 5) is 0. The van der Waals surface area contributed by atoms with E-state index >= 15 is 0 Å². The fourth-order valence-electron chi connectivity index (χ4n) is 4.29. The van der Waals surface area contributed by atoms with E-state index in [4.69, 9.17) is 4.74 Å². The number of aliphatic hydroxyl groups excluding tert-OH is 2. The number of ether oxygens (including phenoxy) is 1. The highest BCUT2D eigenvalue weighted by Gasteiger charge is 2.38. The van der Waals surface area contributed by atoms with Crippen LogP contribution in [-0.4, -0.2) is 29.0 Å². The van der Waals surface area contributed by atoms with Crippen LogP contribution in [0.1, 0.15) is 44.4 Å². The summed E-state index contributed by atoms with van der Waals surface area (Å²) in [7, 11) is 0. The topological polar surface area (TPSA) is 49.7 Å². The van der Waals surface area contributed by atoms with Crippen LogP contribution in [0.4, 0.5) is 0 Å². The van der Waals surface area contributed by atoms with Crippen molar-refractivity contribution < 1.29 is 14.9 Å². The summed E-state index contributed by atoms with van der Waals surface area (Å²) in [5.74, 6) is -0.250. The first kappa shape index (κ1) is 26.6. The molecule has 35 heavy (non-hydrogen) atoms. The predicted molar refractivity (Wildman–Crippen MR) is 144 cm³/mol. The molecule has 4 atom stereocenters. The van der Waals surface area contributed by atoms with Gasteiger partial charge in [0.25, 0.3) is 0 Å². The van der Waals surface area contributed by atoms with Gasteiger partial charge in [-0.2, -0.15) is 0 Å². The Bertz CT molecular complexity index is 977. The SMILES string of the molecule is C/C=C(\C)[C@@H](O)[C@@H](C)/C=C/[C@@H](O)[C@@H](C)COC(c1ccccc1)(c1ccccc1)c1ccccc1. The molecule has 0 aromatic heterocycles. The molecule has 0 unspecified atom stereocenters. The molecule has 0 amide bonds. The van der Waals surface area contributed by atoms with Crippen molar-refractivity contribution in [3.8, 4) is 0 Å². The van der Waals surface area contributed by atoms with Crippen molar-refractivity contribution in [3.63, 3.8) is 0 Å². The average Bonchev–Trinajstić information content (AvgIpc) is 2.92. The number of allylic oxidation sites excluding steroid dienone is 1. The van der Waals surface area contributed by atoms with Gasteiger partial charge in [0.05, 0.1) is 18.8 Å². The lowest BCUT2D eigenvalue weighted by Gasteiger charge is -2.37. The van der Waals surface area contributed by atoms with Gasteiger partial charge in [-0.05, 0) is 36.1 Å². The molecular formula is C32H38O3. The van der Waals surface area contributed by atoms with E-state index in [1.54, 1.807) is 6.08 Å². The van der Waals surface area contributed by atoms with Crippen LogP contribution in [0.5, 0.6) is 0 Å². The van der Waals surface area contributed by atoms with Crippen LogP contribution in [0.2, 0.25) is 0 Å². The molecule has 0 bridgehead atoms. The molecule has 0 saturated heterocycles. The highest BCUT2D eigenvalue weighted by molar-refractivity contribution is 5.47. The number of benzene rings is 3. The van der Waals surface area contributed by atoms with E-state index in [2.05, 4.69) is 36.4 Å². The summed E-state index contributed by atoms with van der Waals surface area (Å²) in [6, 6.07) is 30.7. The lowest BCUT2D eigenvalue weighted by molar-refractivity contribution is -0.0247. The maximum Gasteiger partial charge on any atom is 0.143 e. The van der Waals surface area contributed by atoms with E-state index in [9.17, 15) is 10.2 Å². The average molecular weight is 471 g/mol. The van der Waals surface area contributed by atoms with Gasteiger partial charge in [-0.15, -0.1) is 0 Å². The first-order chi connectivity index (χ1) is 16.9. The van der Waals surface area contributed by atoms with Gasteiger partial charge in [0.15, 0.2) is 0 Å². The quantitative estimate of drug-likeness (QED) is 0.248.